The summed E-state index contributed by atoms with van der Waals surface area (Å²) >= 11 is 1.53. The van der Waals surface area contributed by atoms with E-state index in [1.807, 2.05) is 31.5 Å². The van der Waals surface area contributed by atoms with Gasteiger partial charge in [-0.15, -0.1) is 0 Å². The number of thioether (sulfide) groups is 1. The molecule has 0 aromatic heterocycles. The minimum Gasteiger partial charge on any atom is -0.235 e. The number of rotatable bonds is 0. The van der Waals surface area contributed by atoms with Crippen LogP contribution in [0.5, 0.6) is 0 Å². The summed E-state index contributed by atoms with van der Waals surface area (Å²) in [6.07, 6.45) is 9.32. The lowest BCUT2D eigenvalue weighted by molar-refractivity contribution is 0.547. The number of hydrogen-bond acceptors (Lipinski definition) is 4. The Morgan fingerprint density at radius 2 is 2.38 bits per heavy atom. The van der Waals surface area contributed by atoms with Gasteiger partial charge in [0.15, 0.2) is 5.17 Å². The molecule has 0 aromatic carbocycles. The molecule has 3 nitrogen and oxygen atoms in total. The third-order valence-corrected chi connectivity index (χ3v) is 3.30. The van der Waals surface area contributed by atoms with E-state index in [4.69, 9.17) is 5.26 Å². The van der Waals surface area contributed by atoms with Crippen molar-refractivity contribution in [2.24, 2.45) is 15.4 Å². The summed E-state index contributed by atoms with van der Waals surface area (Å²) in [7, 11) is 0. The predicted molar refractivity (Wildman–Crippen MR) is 68.6 cm³/mol. The highest BCUT2D eigenvalue weighted by Gasteiger charge is 2.27. The lowest BCUT2D eigenvalue weighted by Crippen LogP contribution is -2.15. The van der Waals surface area contributed by atoms with Gasteiger partial charge in [0.05, 0.1) is 11.5 Å². The monoisotopic (exact) mass is 231 g/mol. The Morgan fingerprint density at radius 3 is 3.06 bits per heavy atom. The van der Waals surface area contributed by atoms with Gasteiger partial charge in [0.2, 0.25) is 0 Å². The van der Waals surface area contributed by atoms with Crippen LogP contribution >= 0.6 is 11.8 Å². The lowest BCUT2D eigenvalue weighted by Gasteiger charge is -2.22. The molecule has 0 saturated carbocycles. The molecular formula is C12H13N3S. The van der Waals surface area contributed by atoms with Gasteiger partial charge in [0.1, 0.15) is 0 Å². The summed E-state index contributed by atoms with van der Waals surface area (Å²) in [5, 5.41) is 9.90. The average molecular weight is 231 g/mol. The van der Waals surface area contributed by atoms with Gasteiger partial charge in [-0.1, -0.05) is 23.9 Å². The van der Waals surface area contributed by atoms with Gasteiger partial charge in [-0.3, -0.25) is 0 Å². The highest BCUT2D eigenvalue weighted by Crippen LogP contribution is 2.35. The van der Waals surface area contributed by atoms with Crippen LogP contribution in [-0.4, -0.2) is 17.6 Å². The molecule has 82 valence electrons. The third-order valence-electron chi connectivity index (χ3n) is 2.74. The molecule has 2 aliphatic rings. The van der Waals surface area contributed by atoms with Crippen molar-refractivity contribution in [2.75, 3.05) is 6.26 Å². The second-order valence-electron chi connectivity index (χ2n) is 4.13. The highest BCUT2D eigenvalue weighted by atomic mass is 32.2. The summed E-state index contributed by atoms with van der Waals surface area (Å²) in [4.78, 5) is 8.79. The van der Waals surface area contributed by atoms with Gasteiger partial charge in [0.25, 0.3) is 0 Å². The summed E-state index contributed by atoms with van der Waals surface area (Å²) in [5.74, 6) is 0. The van der Waals surface area contributed by atoms with E-state index in [-0.39, 0.29) is 0 Å². The topological polar surface area (TPSA) is 48.5 Å². The van der Waals surface area contributed by atoms with Crippen LogP contribution in [0.3, 0.4) is 0 Å². The molecule has 4 heteroatoms. The van der Waals surface area contributed by atoms with Gasteiger partial charge in [-0.2, -0.15) is 5.26 Å². The van der Waals surface area contributed by atoms with Crippen molar-refractivity contribution in [3.05, 3.63) is 23.4 Å². The molecule has 0 spiro atoms. The Morgan fingerprint density at radius 1 is 1.56 bits per heavy atom. The summed E-state index contributed by atoms with van der Waals surface area (Å²) in [6, 6.07) is 2.33. The van der Waals surface area contributed by atoms with E-state index in [2.05, 4.69) is 16.1 Å². The Kier molecular flexibility index (Phi) is 2.97. The largest absolute Gasteiger partial charge is 0.235 e. The molecule has 0 bridgehead atoms. The fraction of sp³-hybridized carbons (Fsp3) is 0.417. The van der Waals surface area contributed by atoms with Crippen LogP contribution in [0.1, 0.15) is 19.8 Å². The molecule has 2 rings (SSSR count). The van der Waals surface area contributed by atoms with Crippen molar-refractivity contribution in [1.29, 1.82) is 5.26 Å². The first kappa shape index (κ1) is 11.2. The lowest BCUT2D eigenvalue weighted by atomic mass is 9.81. The maximum atomic E-state index is 9.13. The first-order valence-corrected chi connectivity index (χ1v) is 6.37. The van der Waals surface area contributed by atoms with Crippen molar-refractivity contribution in [2.45, 2.75) is 19.8 Å². The first-order valence-electron chi connectivity index (χ1n) is 5.14. The normalized spacial score (nSPS) is 28.2. The van der Waals surface area contributed by atoms with E-state index >= 15 is 0 Å². The zero-order chi connectivity index (χ0) is 11.6. The third kappa shape index (κ3) is 2.10. The number of hydrogen-bond donors (Lipinski definition) is 0. The second kappa shape index (κ2) is 4.26. The molecule has 0 saturated heterocycles. The van der Waals surface area contributed by atoms with E-state index in [1.54, 1.807) is 0 Å². The van der Waals surface area contributed by atoms with Gasteiger partial charge in [0, 0.05) is 24.8 Å². The molecule has 0 radical (unpaired) electrons. The van der Waals surface area contributed by atoms with Crippen LogP contribution in [0, 0.1) is 16.7 Å². The summed E-state index contributed by atoms with van der Waals surface area (Å²) < 4.78 is 0. The number of nitriles is 1. The van der Waals surface area contributed by atoms with E-state index in [0.29, 0.717) is 6.42 Å². The zero-order valence-corrected chi connectivity index (χ0v) is 10.2. The van der Waals surface area contributed by atoms with Crippen LogP contribution in [0.4, 0.5) is 0 Å². The van der Waals surface area contributed by atoms with Crippen molar-refractivity contribution >= 4 is 23.1 Å². The highest BCUT2D eigenvalue weighted by molar-refractivity contribution is 8.13. The maximum absolute atomic E-state index is 9.13. The van der Waals surface area contributed by atoms with Crippen LogP contribution < -0.4 is 0 Å². The Hall–Kier alpha value is -1.34. The molecular weight excluding hydrogens is 218 g/mol. The van der Waals surface area contributed by atoms with Crippen LogP contribution in [0.2, 0.25) is 0 Å². The van der Waals surface area contributed by atoms with Crippen molar-refractivity contribution in [3.63, 3.8) is 0 Å². The summed E-state index contributed by atoms with van der Waals surface area (Å²) in [5.41, 5.74) is 1.77. The molecule has 0 amide bonds. The summed E-state index contributed by atoms with van der Waals surface area (Å²) in [6.45, 7) is 1.94. The van der Waals surface area contributed by atoms with Crippen molar-refractivity contribution in [3.8, 4) is 6.07 Å². The number of amidine groups is 1. The second-order valence-corrected chi connectivity index (χ2v) is 4.90. The Balaban J connectivity index is 2.37. The Bertz CT molecular complexity index is 465. The van der Waals surface area contributed by atoms with Gasteiger partial charge in [-0.05, 0) is 18.8 Å². The molecule has 0 fully saturated rings. The quantitative estimate of drug-likeness (QED) is 0.643. The van der Waals surface area contributed by atoms with E-state index in [1.165, 1.54) is 17.3 Å². The van der Waals surface area contributed by atoms with Gasteiger partial charge < -0.3 is 0 Å². The maximum Gasteiger partial charge on any atom is 0.187 e. The van der Waals surface area contributed by atoms with E-state index < -0.39 is 5.41 Å². The molecule has 1 unspecified atom stereocenters. The molecule has 1 atom stereocenters. The number of allylic oxidation sites excluding steroid dienone is 4. The van der Waals surface area contributed by atoms with Crippen molar-refractivity contribution < 1.29 is 0 Å². The molecule has 1 heterocycles. The van der Waals surface area contributed by atoms with E-state index in [0.717, 1.165) is 17.3 Å². The molecule has 0 N–H and O–H groups in total. The van der Waals surface area contributed by atoms with Crippen molar-refractivity contribution in [1.82, 2.24) is 0 Å². The van der Waals surface area contributed by atoms with Crippen LogP contribution in [0.25, 0.3) is 0 Å². The molecule has 16 heavy (non-hydrogen) atoms. The minimum absolute atomic E-state index is 0.420. The minimum atomic E-state index is -0.420. The predicted octanol–water partition coefficient (Wildman–Crippen LogP) is 2.92. The SMILES string of the molecule is CSC1=NC2=C(C=CC(C)(C#N)C2)CC=N1. The van der Waals surface area contributed by atoms with E-state index in [9.17, 15) is 0 Å². The molecule has 0 aromatic rings. The fourth-order valence-corrected chi connectivity index (χ4v) is 2.12. The van der Waals surface area contributed by atoms with Gasteiger partial charge >= 0.3 is 0 Å². The number of aliphatic imine (C=N–C) groups is 2. The zero-order valence-electron chi connectivity index (χ0n) is 9.40. The molecule has 1 aliphatic carbocycles. The van der Waals surface area contributed by atoms with Gasteiger partial charge in [-0.25, -0.2) is 9.98 Å². The Labute approximate surface area is 99.7 Å². The average Bonchev–Trinajstić information content (AvgIpc) is 2.50. The van der Waals surface area contributed by atoms with Crippen LogP contribution in [-0.2, 0) is 0 Å². The fourth-order valence-electron chi connectivity index (χ4n) is 1.74. The smallest absolute Gasteiger partial charge is 0.187 e. The van der Waals surface area contributed by atoms with Crippen LogP contribution in [0.15, 0.2) is 33.4 Å². The number of nitrogens with zero attached hydrogens (tertiary/aromatic N) is 3. The molecule has 1 aliphatic heterocycles. The standard InChI is InChI=1S/C12H13N3S/c1-12(8-13)5-3-9-4-6-14-11(16-2)15-10(9)7-12/h3,5-6H,4,7H2,1-2H3. The first-order chi connectivity index (χ1) is 7.67.